The van der Waals surface area contributed by atoms with Gasteiger partial charge in [-0.2, -0.15) is 0 Å². The molecule has 2 aromatic carbocycles. The van der Waals surface area contributed by atoms with Gasteiger partial charge in [-0.25, -0.2) is 0 Å². The van der Waals surface area contributed by atoms with E-state index < -0.39 is 0 Å². The van der Waals surface area contributed by atoms with E-state index in [4.69, 9.17) is 4.42 Å². The van der Waals surface area contributed by atoms with Crippen molar-refractivity contribution < 1.29 is 4.42 Å². The molecule has 1 heterocycles. The summed E-state index contributed by atoms with van der Waals surface area (Å²) in [5.41, 5.74) is 3.82. The minimum atomic E-state index is 0.885. The number of furan rings is 1. The number of nitrogens with one attached hydrogen (secondary N) is 1. The molecule has 1 N–H and O–H groups in total. The first-order valence-electron chi connectivity index (χ1n) is 7.29. The zero-order chi connectivity index (χ0) is 14.3. The Hall–Kier alpha value is -2.32. The van der Waals surface area contributed by atoms with Crippen molar-refractivity contribution in [3.63, 3.8) is 0 Å². The fourth-order valence-electron chi connectivity index (χ4n) is 2.34. The molecule has 2 heteroatoms. The quantitative estimate of drug-likeness (QED) is 0.680. The number of hydrogen-bond acceptors (Lipinski definition) is 2. The molecule has 0 spiro atoms. The van der Waals surface area contributed by atoms with Crippen molar-refractivity contribution in [3.8, 4) is 11.1 Å². The molecule has 0 atom stereocenters. The van der Waals surface area contributed by atoms with Gasteiger partial charge in [0.2, 0.25) is 0 Å². The van der Waals surface area contributed by atoms with Crippen LogP contribution in [0.15, 0.2) is 77.4 Å². The number of hydrogen-bond donors (Lipinski definition) is 1. The lowest BCUT2D eigenvalue weighted by Crippen LogP contribution is -2.16. The van der Waals surface area contributed by atoms with Crippen LogP contribution >= 0.6 is 0 Å². The van der Waals surface area contributed by atoms with E-state index in [1.54, 1.807) is 6.26 Å². The highest BCUT2D eigenvalue weighted by atomic mass is 16.3. The molecule has 0 saturated heterocycles. The first kappa shape index (κ1) is 13.7. The minimum Gasteiger partial charge on any atom is -0.469 e. The molecule has 21 heavy (non-hydrogen) atoms. The minimum absolute atomic E-state index is 0.885. The van der Waals surface area contributed by atoms with E-state index in [0.717, 1.165) is 25.3 Å². The van der Waals surface area contributed by atoms with Gasteiger partial charge in [0, 0.05) is 19.5 Å². The first-order valence-corrected chi connectivity index (χ1v) is 7.29. The van der Waals surface area contributed by atoms with E-state index in [2.05, 4.69) is 53.8 Å². The summed E-state index contributed by atoms with van der Waals surface area (Å²) < 4.78 is 5.31. The predicted molar refractivity (Wildman–Crippen MR) is 86.0 cm³/mol. The Labute approximate surface area is 125 Å². The number of rotatable bonds is 6. The van der Waals surface area contributed by atoms with E-state index in [-0.39, 0.29) is 0 Å². The predicted octanol–water partition coefficient (Wildman–Crippen LogP) is 4.28. The molecule has 0 aliphatic heterocycles. The Morgan fingerprint density at radius 1 is 0.762 bits per heavy atom. The second-order valence-electron chi connectivity index (χ2n) is 5.07. The third-order valence-electron chi connectivity index (χ3n) is 3.52. The number of benzene rings is 2. The van der Waals surface area contributed by atoms with Gasteiger partial charge in [0.25, 0.3) is 0 Å². The van der Waals surface area contributed by atoms with Crippen molar-refractivity contribution in [2.75, 3.05) is 6.54 Å². The SMILES string of the molecule is c1ccc(-c2ccc(CNCCc3ccco3)cc2)cc1. The van der Waals surface area contributed by atoms with Crippen molar-refractivity contribution in [1.29, 1.82) is 0 Å². The molecule has 106 valence electrons. The van der Waals surface area contributed by atoms with E-state index >= 15 is 0 Å². The van der Waals surface area contributed by atoms with Crippen LogP contribution in [0.1, 0.15) is 11.3 Å². The Morgan fingerprint density at radius 2 is 1.52 bits per heavy atom. The first-order chi connectivity index (χ1) is 10.4. The Bertz CT molecular complexity index is 642. The maximum atomic E-state index is 5.31. The molecule has 0 bridgehead atoms. The summed E-state index contributed by atoms with van der Waals surface area (Å²) in [6.07, 6.45) is 2.65. The van der Waals surface area contributed by atoms with E-state index in [0.29, 0.717) is 0 Å². The highest BCUT2D eigenvalue weighted by molar-refractivity contribution is 5.63. The van der Waals surface area contributed by atoms with Gasteiger partial charge in [-0.3, -0.25) is 0 Å². The van der Waals surface area contributed by atoms with Crippen LogP contribution < -0.4 is 5.32 Å². The largest absolute Gasteiger partial charge is 0.469 e. The van der Waals surface area contributed by atoms with Crippen LogP contribution in [0.3, 0.4) is 0 Å². The lowest BCUT2D eigenvalue weighted by Gasteiger charge is -2.06. The van der Waals surface area contributed by atoms with Crippen LogP contribution in [0.5, 0.6) is 0 Å². The zero-order valence-corrected chi connectivity index (χ0v) is 12.0. The van der Waals surface area contributed by atoms with Crippen LogP contribution in [0.2, 0.25) is 0 Å². The zero-order valence-electron chi connectivity index (χ0n) is 12.0. The molecule has 0 fully saturated rings. The maximum Gasteiger partial charge on any atom is 0.105 e. The van der Waals surface area contributed by atoms with Crippen molar-refractivity contribution in [2.45, 2.75) is 13.0 Å². The van der Waals surface area contributed by atoms with Crippen molar-refractivity contribution in [1.82, 2.24) is 5.32 Å². The summed E-state index contributed by atoms with van der Waals surface area (Å²) in [5.74, 6) is 1.03. The molecule has 0 unspecified atom stereocenters. The second-order valence-corrected chi connectivity index (χ2v) is 5.07. The molecule has 0 amide bonds. The van der Waals surface area contributed by atoms with Gasteiger partial charge in [-0.1, -0.05) is 54.6 Å². The topological polar surface area (TPSA) is 25.2 Å². The molecule has 3 aromatic rings. The summed E-state index contributed by atoms with van der Waals surface area (Å²) in [6, 6.07) is 23.1. The molecule has 2 nitrogen and oxygen atoms in total. The van der Waals surface area contributed by atoms with Crippen molar-refractivity contribution in [2.24, 2.45) is 0 Å². The highest BCUT2D eigenvalue weighted by Crippen LogP contribution is 2.19. The average molecular weight is 277 g/mol. The van der Waals surface area contributed by atoms with Crippen LogP contribution in [-0.2, 0) is 13.0 Å². The third-order valence-corrected chi connectivity index (χ3v) is 3.52. The van der Waals surface area contributed by atoms with Crippen molar-refractivity contribution >= 4 is 0 Å². The maximum absolute atomic E-state index is 5.31. The van der Waals surface area contributed by atoms with Gasteiger partial charge in [-0.05, 0) is 28.8 Å². The monoisotopic (exact) mass is 277 g/mol. The van der Waals surface area contributed by atoms with Crippen LogP contribution in [-0.4, -0.2) is 6.54 Å². The van der Waals surface area contributed by atoms with Gasteiger partial charge in [-0.15, -0.1) is 0 Å². The molecule has 0 aliphatic rings. The molecule has 0 aliphatic carbocycles. The summed E-state index contributed by atoms with van der Waals surface area (Å²) in [5, 5.41) is 3.44. The second kappa shape index (κ2) is 6.91. The molecule has 1 aromatic heterocycles. The van der Waals surface area contributed by atoms with E-state index in [1.807, 2.05) is 18.2 Å². The third kappa shape index (κ3) is 3.83. The summed E-state index contributed by atoms with van der Waals surface area (Å²) in [4.78, 5) is 0. The molecule has 0 saturated carbocycles. The standard InChI is InChI=1S/C19H19NO/c1-2-5-17(6-3-1)18-10-8-16(9-11-18)15-20-13-12-19-7-4-14-21-19/h1-11,14,20H,12-13,15H2. The molecular formula is C19H19NO. The Morgan fingerprint density at radius 3 is 2.24 bits per heavy atom. The van der Waals surface area contributed by atoms with Gasteiger partial charge < -0.3 is 9.73 Å². The van der Waals surface area contributed by atoms with Crippen LogP contribution in [0.25, 0.3) is 11.1 Å². The average Bonchev–Trinajstić information content (AvgIpc) is 3.06. The summed E-state index contributed by atoms with van der Waals surface area (Å²) in [6.45, 7) is 1.81. The normalized spacial score (nSPS) is 10.7. The van der Waals surface area contributed by atoms with Crippen molar-refractivity contribution in [3.05, 3.63) is 84.3 Å². The summed E-state index contributed by atoms with van der Waals surface area (Å²) >= 11 is 0. The van der Waals surface area contributed by atoms with Gasteiger partial charge >= 0.3 is 0 Å². The van der Waals surface area contributed by atoms with E-state index in [1.165, 1.54) is 16.7 Å². The fourth-order valence-corrected chi connectivity index (χ4v) is 2.34. The Balaban J connectivity index is 1.50. The van der Waals surface area contributed by atoms with Gasteiger partial charge in [0.15, 0.2) is 0 Å². The highest BCUT2D eigenvalue weighted by Gasteiger charge is 1.98. The Kier molecular flexibility index (Phi) is 4.49. The van der Waals surface area contributed by atoms with Crippen LogP contribution in [0.4, 0.5) is 0 Å². The fraction of sp³-hybridized carbons (Fsp3) is 0.158. The van der Waals surface area contributed by atoms with E-state index in [9.17, 15) is 0 Å². The lowest BCUT2D eigenvalue weighted by molar-refractivity contribution is 0.499. The smallest absolute Gasteiger partial charge is 0.105 e. The van der Waals surface area contributed by atoms with Gasteiger partial charge in [0.1, 0.15) is 5.76 Å². The van der Waals surface area contributed by atoms with Gasteiger partial charge in [0.05, 0.1) is 6.26 Å². The molecular weight excluding hydrogens is 258 g/mol. The molecule has 0 radical (unpaired) electrons. The van der Waals surface area contributed by atoms with Crippen LogP contribution in [0, 0.1) is 0 Å². The summed E-state index contributed by atoms with van der Waals surface area (Å²) in [7, 11) is 0. The molecule has 3 rings (SSSR count). The lowest BCUT2D eigenvalue weighted by atomic mass is 10.0.